The molecule has 3 aromatic rings. The minimum atomic E-state index is -4.31. The maximum absolute atomic E-state index is 12.5. The predicted octanol–water partition coefficient (Wildman–Crippen LogP) is 7.11. The van der Waals surface area contributed by atoms with E-state index in [0.717, 1.165) is 28.3 Å². The molecule has 152 valence electrons. The molecule has 0 unspecified atom stereocenters. The lowest BCUT2D eigenvalue weighted by Gasteiger charge is -2.08. The molecule has 0 spiro atoms. The molecule has 28 heavy (non-hydrogen) atoms. The number of halogens is 3. The molecular weight excluding hydrogens is 385 g/mol. The van der Waals surface area contributed by atoms with Gasteiger partial charge in [0.05, 0.1) is 5.56 Å². The summed E-state index contributed by atoms with van der Waals surface area (Å²) in [5.74, 6) is 0. The second-order valence-electron chi connectivity index (χ2n) is 5.30. The number of H-pyrrole nitrogens is 1. The molecule has 0 saturated carbocycles. The van der Waals surface area contributed by atoms with E-state index in [-0.39, 0.29) is 0 Å². The number of anilines is 1. The first-order valence-electron chi connectivity index (χ1n) is 8.68. The zero-order valence-electron chi connectivity index (χ0n) is 16.3. The van der Waals surface area contributed by atoms with Gasteiger partial charge >= 0.3 is 6.18 Å². The molecule has 0 saturated heterocycles. The standard InChI is InChI=1S/C17H13F3N2S.C2H6O.C2H6/c18-17(19,20)13-6-8-14(9-7-13)22-23-15-10-16(21-11-15)12-4-2-1-3-5-12;1-3-2;1-2/h1-11,21-22H;1-2H3;1-2H3. The number of aromatic amines is 1. The van der Waals surface area contributed by atoms with Crippen molar-refractivity contribution in [2.24, 2.45) is 0 Å². The molecule has 0 amide bonds. The van der Waals surface area contributed by atoms with Crippen molar-refractivity contribution in [2.75, 3.05) is 18.9 Å². The largest absolute Gasteiger partial charge is 0.416 e. The van der Waals surface area contributed by atoms with E-state index in [4.69, 9.17) is 0 Å². The smallest absolute Gasteiger partial charge is 0.388 e. The normalized spacial score (nSPS) is 10.2. The number of alkyl halides is 3. The maximum atomic E-state index is 12.5. The van der Waals surface area contributed by atoms with Gasteiger partial charge in [-0.25, -0.2) is 0 Å². The Hall–Kier alpha value is -2.38. The van der Waals surface area contributed by atoms with Gasteiger partial charge in [-0.3, -0.25) is 0 Å². The molecule has 0 aliphatic rings. The van der Waals surface area contributed by atoms with Crippen molar-refractivity contribution in [1.29, 1.82) is 0 Å². The predicted molar refractivity (Wildman–Crippen MR) is 111 cm³/mol. The maximum Gasteiger partial charge on any atom is 0.416 e. The number of methoxy groups -OCH3 is 1. The summed E-state index contributed by atoms with van der Waals surface area (Å²) in [6.07, 6.45) is -2.46. The molecule has 0 radical (unpaired) electrons. The van der Waals surface area contributed by atoms with E-state index in [0.29, 0.717) is 5.69 Å². The number of rotatable bonds is 4. The molecule has 1 heterocycles. The van der Waals surface area contributed by atoms with Gasteiger partial charge in [-0.15, -0.1) is 0 Å². The van der Waals surface area contributed by atoms with E-state index < -0.39 is 11.7 Å². The minimum Gasteiger partial charge on any atom is -0.388 e. The number of aromatic nitrogens is 1. The zero-order valence-corrected chi connectivity index (χ0v) is 17.1. The highest BCUT2D eigenvalue weighted by Gasteiger charge is 2.29. The summed E-state index contributed by atoms with van der Waals surface area (Å²) in [4.78, 5) is 4.13. The molecule has 3 nitrogen and oxygen atoms in total. The molecule has 0 aliphatic heterocycles. The third-order valence-electron chi connectivity index (χ3n) is 3.24. The number of benzene rings is 2. The lowest BCUT2D eigenvalue weighted by atomic mass is 10.2. The summed E-state index contributed by atoms with van der Waals surface area (Å²) >= 11 is 1.34. The van der Waals surface area contributed by atoms with Crippen LogP contribution >= 0.6 is 11.9 Å². The van der Waals surface area contributed by atoms with Crippen LogP contribution in [0, 0.1) is 0 Å². The highest BCUT2D eigenvalue weighted by molar-refractivity contribution is 8.00. The van der Waals surface area contributed by atoms with Crippen LogP contribution in [0.15, 0.2) is 71.8 Å². The average molecular weight is 411 g/mol. The molecule has 2 aromatic carbocycles. The summed E-state index contributed by atoms with van der Waals surface area (Å²) in [6, 6.07) is 16.8. The van der Waals surface area contributed by atoms with Crippen molar-refractivity contribution < 1.29 is 17.9 Å². The van der Waals surface area contributed by atoms with Gasteiger partial charge in [0, 0.05) is 36.7 Å². The third-order valence-corrected chi connectivity index (χ3v) is 4.05. The molecule has 0 atom stereocenters. The highest BCUT2D eigenvalue weighted by atomic mass is 32.2. The Labute approximate surface area is 168 Å². The Morgan fingerprint density at radius 3 is 2.04 bits per heavy atom. The second kappa shape index (κ2) is 12.2. The van der Waals surface area contributed by atoms with Gasteiger partial charge in [0.2, 0.25) is 0 Å². The first-order valence-corrected chi connectivity index (χ1v) is 9.49. The Morgan fingerprint density at radius 1 is 0.929 bits per heavy atom. The fraction of sp³-hybridized carbons (Fsp3) is 0.238. The van der Waals surface area contributed by atoms with Crippen LogP contribution in [-0.2, 0) is 10.9 Å². The Kier molecular flexibility index (Phi) is 10.3. The molecule has 3 rings (SSSR count). The van der Waals surface area contributed by atoms with E-state index in [9.17, 15) is 13.2 Å². The highest BCUT2D eigenvalue weighted by Crippen LogP contribution is 2.31. The fourth-order valence-corrected chi connectivity index (χ4v) is 2.73. The van der Waals surface area contributed by atoms with E-state index in [2.05, 4.69) is 14.4 Å². The van der Waals surface area contributed by atoms with E-state index in [1.54, 1.807) is 14.2 Å². The Morgan fingerprint density at radius 2 is 1.50 bits per heavy atom. The topological polar surface area (TPSA) is 37.0 Å². The van der Waals surface area contributed by atoms with Gasteiger partial charge in [0.1, 0.15) is 0 Å². The summed E-state index contributed by atoms with van der Waals surface area (Å²) in [6.45, 7) is 4.00. The zero-order chi connectivity index (χ0) is 21.0. The molecule has 0 fully saturated rings. The van der Waals surface area contributed by atoms with Crippen LogP contribution in [0.3, 0.4) is 0 Å². The second-order valence-corrected chi connectivity index (χ2v) is 6.18. The quantitative estimate of drug-likeness (QED) is 0.450. The van der Waals surface area contributed by atoms with Crippen molar-refractivity contribution in [2.45, 2.75) is 24.9 Å². The first kappa shape index (κ1) is 23.7. The lowest BCUT2D eigenvalue weighted by Crippen LogP contribution is -2.04. The van der Waals surface area contributed by atoms with Crippen molar-refractivity contribution >= 4 is 17.6 Å². The molecule has 2 N–H and O–H groups in total. The van der Waals surface area contributed by atoms with Crippen LogP contribution in [0.1, 0.15) is 19.4 Å². The van der Waals surface area contributed by atoms with Gasteiger partial charge < -0.3 is 14.4 Å². The van der Waals surface area contributed by atoms with Crippen LogP contribution < -0.4 is 4.72 Å². The average Bonchev–Trinajstić information content (AvgIpc) is 3.18. The van der Waals surface area contributed by atoms with Crippen molar-refractivity contribution in [3.05, 3.63) is 72.4 Å². The van der Waals surface area contributed by atoms with Crippen molar-refractivity contribution in [1.82, 2.24) is 4.98 Å². The van der Waals surface area contributed by atoms with Gasteiger partial charge in [-0.2, -0.15) is 13.2 Å². The molecule has 7 heteroatoms. The number of hydrogen-bond acceptors (Lipinski definition) is 3. The van der Waals surface area contributed by atoms with Gasteiger partial charge in [-0.1, -0.05) is 44.2 Å². The van der Waals surface area contributed by atoms with Crippen LogP contribution in [0.25, 0.3) is 11.3 Å². The van der Waals surface area contributed by atoms with Crippen LogP contribution in [0.4, 0.5) is 18.9 Å². The number of nitrogens with one attached hydrogen (secondary N) is 2. The number of ether oxygens (including phenoxy) is 1. The van der Waals surface area contributed by atoms with Crippen LogP contribution in [0.2, 0.25) is 0 Å². The van der Waals surface area contributed by atoms with E-state index in [1.807, 2.05) is 56.4 Å². The van der Waals surface area contributed by atoms with Crippen LogP contribution in [0.5, 0.6) is 0 Å². The van der Waals surface area contributed by atoms with Gasteiger partial charge in [0.15, 0.2) is 0 Å². The summed E-state index contributed by atoms with van der Waals surface area (Å²) in [5, 5.41) is 0. The molecule has 1 aromatic heterocycles. The summed E-state index contributed by atoms with van der Waals surface area (Å²) in [7, 11) is 3.25. The Balaban J connectivity index is 0.000000717. The van der Waals surface area contributed by atoms with Crippen molar-refractivity contribution in [3.8, 4) is 11.3 Å². The molecular formula is C21H25F3N2OS. The number of hydrogen-bond donors (Lipinski definition) is 2. The van der Waals surface area contributed by atoms with Crippen LogP contribution in [-0.4, -0.2) is 19.2 Å². The molecule has 0 bridgehead atoms. The SMILES string of the molecule is CC.COC.FC(F)(F)c1ccc(NSc2c[nH]c(-c3ccccc3)c2)cc1. The minimum absolute atomic E-state index is 0.616. The first-order chi connectivity index (χ1) is 13.4. The lowest BCUT2D eigenvalue weighted by molar-refractivity contribution is -0.137. The summed E-state index contributed by atoms with van der Waals surface area (Å²) < 4.78 is 44.8. The molecule has 0 aliphatic carbocycles. The van der Waals surface area contributed by atoms with Crippen molar-refractivity contribution in [3.63, 3.8) is 0 Å². The van der Waals surface area contributed by atoms with Gasteiger partial charge in [0.25, 0.3) is 0 Å². The van der Waals surface area contributed by atoms with Gasteiger partial charge in [-0.05, 0) is 47.8 Å². The van der Waals surface area contributed by atoms with E-state index >= 15 is 0 Å². The Bertz CT molecular complexity index is 787. The third kappa shape index (κ3) is 7.70. The fourth-order valence-electron chi connectivity index (χ4n) is 2.06. The summed E-state index contributed by atoms with van der Waals surface area (Å²) in [5.41, 5.74) is 2.03. The van der Waals surface area contributed by atoms with E-state index in [1.165, 1.54) is 24.1 Å². The monoisotopic (exact) mass is 410 g/mol.